The van der Waals surface area contributed by atoms with Gasteiger partial charge in [-0.3, -0.25) is 4.79 Å². The standard InChI is InChI=1S/C11H12ClNO2/c1-2-15-11(14)9-5-8(9)7-3-4-10(12)13-6-7/h3-4,6,8-9H,2,5H2,1H3/t8-,9?/m1/s1. The second-order valence-electron chi connectivity index (χ2n) is 3.61. The number of carbonyl (C=O) groups is 1. The minimum absolute atomic E-state index is 0.0212. The number of carbonyl (C=O) groups excluding carboxylic acids is 1. The summed E-state index contributed by atoms with van der Waals surface area (Å²) in [6.07, 6.45) is 2.59. The van der Waals surface area contributed by atoms with Crippen LogP contribution >= 0.6 is 11.6 Å². The predicted octanol–water partition coefficient (Wildman–Crippen LogP) is 2.40. The first-order valence-corrected chi connectivity index (χ1v) is 5.38. The number of halogens is 1. The third-order valence-corrected chi connectivity index (χ3v) is 2.78. The van der Waals surface area contributed by atoms with Crippen molar-refractivity contribution in [2.45, 2.75) is 19.3 Å². The molecule has 0 spiro atoms. The molecule has 1 aliphatic rings. The Morgan fingerprint density at radius 1 is 1.67 bits per heavy atom. The second-order valence-corrected chi connectivity index (χ2v) is 4.00. The van der Waals surface area contributed by atoms with E-state index in [1.807, 2.05) is 13.0 Å². The lowest BCUT2D eigenvalue weighted by atomic mass is 10.1. The van der Waals surface area contributed by atoms with Crippen LogP contribution in [0.1, 0.15) is 24.8 Å². The smallest absolute Gasteiger partial charge is 0.309 e. The average Bonchev–Trinajstić information content (AvgIpc) is 2.99. The molecule has 0 amide bonds. The van der Waals surface area contributed by atoms with Crippen molar-refractivity contribution in [3.05, 3.63) is 29.0 Å². The Bertz CT molecular complexity index is 363. The van der Waals surface area contributed by atoms with E-state index >= 15 is 0 Å². The maximum Gasteiger partial charge on any atom is 0.309 e. The van der Waals surface area contributed by atoms with E-state index in [-0.39, 0.29) is 17.8 Å². The molecule has 2 atom stereocenters. The molecule has 1 fully saturated rings. The molecule has 2 rings (SSSR count). The molecule has 4 heteroatoms. The first-order valence-electron chi connectivity index (χ1n) is 5.00. The molecule has 1 heterocycles. The summed E-state index contributed by atoms with van der Waals surface area (Å²) in [7, 11) is 0. The van der Waals surface area contributed by atoms with Gasteiger partial charge in [-0.15, -0.1) is 0 Å². The number of rotatable bonds is 3. The van der Waals surface area contributed by atoms with E-state index < -0.39 is 0 Å². The molecule has 0 aliphatic heterocycles. The Hall–Kier alpha value is -1.09. The lowest BCUT2D eigenvalue weighted by molar-refractivity contribution is -0.144. The quantitative estimate of drug-likeness (QED) is 0.586. The zero-order valence-corrected chi connectivity index (χ0v) is 9.20. The van der Waals surface area contributed by atoms with Gasteiger partial charge >= 0.3 is 5.97 Å². The molecule has 1 saturated carbocycles. The van der Waals surface area contributed by atoms with E-state index in [1.165, 1.54) is 0 Å². The van der Waals surface area contributed by atoms with Crippen LogP contribution in [0.25, 0.3) is 0 Å². The first-order chi connectivity index (χ1) is 7.22. The van der Waals surface area contributed by atoms with Crippen LogP contribution < -0.4 is 0 Å². The van der Waals surface area contributed by atoms with Gasteiger partial charge in [-0.25, -0.2) is 4.98 Å². The van der Waals surface area contributed by atoms with E-state index in [4.69, 9.17) is 16.3 Å². The van der Waals surface area contributed by atoms with Crippen molar-refractivity contribution >= 4 is 17.6 Å². The monoisotopic (exact) mass is 225 g/mol. The largest absolute Gasteiger partial charge is 0.466 e. The fraction of sp³-hybridized carbons (Fsp3) is 0.455. The van der Waals surface area contributed by atoms with E-state index in [9.17, 15) is 4.79 Å². The van der Waals surface area contributed by atoms with Crippen LogP contribution in [0.2, 0.25) is 5.15 Å². The molecule has 80 valence electrons. The highest BCUT2D eigenvalue weighted by Gasteiger charge is 2.45. The SMILES string of the molecule is CCOC(=O)C1C[C@@H]1c1ccc(Cl)nc1. The van der Waals surface area contributed by atoms with Gasteiger partial charge < -0.3 is 4.74 Å². The molecule has 0 radical (unpaired) electrons. The Labute approximate surface area is 93.4 Å². The lowest BCUT2D eigenvalue weighted by Crippen LogP contribution is -2.07. The molecule has 0 aromatic carbocycles. The van der Waals surface area contributed by atoms with Crippen molar-refractivity contribution in [3.8, 4) is 0 Å². The van der Waals surface area contributed by atoms with Crippen molar-refractivity contribution in [1.29, 1.82) is 0 Å². The average molecular weight is 226 g/mol. The first kappa shape index (κ1) is 10.4. The summed E-state index contributed by atoms with van der Waals surface area (Å²) in [6, 6.07) is 3.66. The van der Waals surface area contributed by atoms with Crippen molar-refractivity contribution in [2.24, 2.45) is 5.92 Å². The normalized spacial score (nSPS) is 23.6. The van der Waals surface area contributed by atoms with Crippen LogP contribution in [0.4, 0.5) is 0 Å². The van der Waals surface area contributed by atoms with Gasteiger partial charge in [-0.05, 0) is 30.9 Å². The van der Waals surface area contributed by atoms with Crippen LogP contribution in [0.3, 0.4) is 0 Å². The Kier molecular flexibility index (Phi) is 2.91. The minimum Gasteiger partial charge on any atom is -0.466 e. The van der Waals surface area contributed by atoms with E-state index in [1.54, 1.807) is 12.3 Å². The molecule has 1 aromatic heterocycles. The molecule has 0 N–H and O–H groups in total. The Morgan fingerprint density at radius 3 is 3.07 bits per heavy atom. The van der Waals surface area contributed by atoms with Crippen LogP contribution in [-0.4, -0.2) is 17.6 Å². The highest BCUT2D eigenvalue weighted by atomic mass is 35.5. The lowest BCUT2D eigenvalue weighted by Gasteiger charge is -2.00. The number of ether oxygens (including phenoxy) is 1. The van der Waals surface area contributed by atoms with Gasteiger partial charge in [0.25, 0.3) is 0 Å². The van der Waals surface area contributed by atoms with E-state index in [0.29, 0.717) is 11.8 Å². The molecule has 3 nitrogen and oxygen atoms in total. The minimum atomic E-state index is -0.0996. The molecule has 1 unspecified atom stereocenters. The Balaban J connectivity index is 1.98. The van der Waals surface area contributed by atoms with Gasteiger partial charge in [-0.1, -0.05) is 17.7 Å². The Morgan fingerprint density at radius 2 is 2.47 bits per heavy atom. The summed E-state index contributed by atoms with van der Waals surface area (Å²) in [5.41, 5.74) is 1.07. The van der Waals surface area contributed by atoms with Crippen LogP contribution in [0, 0.1) is 5.92 Å². The van der Waals surface area contributed by atoms with Crippen LogP contribution in [0.15, 0.2) is 18.3 Å². The third kappa shape index (κ3) is 2.29. The number of esters is 1. The van der Waals surface area contributed by atoms with Crippen molar-refractivity contribution in [1.82, 2.24) is 4.98 Å². The maximum absolute atomic E-state index is 11.4. The van der Waals surface area contributed by atoms with Crippen molar-refractivity contribution < 1.29 is 9.53 Å². The molecule has 0 bridgehead atoms. The van der Waals surface area contributed by atoms with Gasteiger partial charge in [-0.2, -0.15) is 0 Å². The van der Waals surface area contributed by atoms with Gasteiger partial charge in [0.2, 0.25) is 0 Å². The zero-order valence-electron chi connectivity index (χ0n) is 8.44. The summed E-state index contributed by atoms with van der Waals surface area (Å²) in [5.74, 6) is 0.194. The van der Waals surface area contributed by atoms with Crippen LogP contribution in [-0.2, 0) is 9.53 Å². The zero-order chi connectivity index (χ0) is 10.8. The fourth-order valence-electron chi connectivity index (χ4n) is 1.68. The van der Waals surface area contributed by atoms with Gasteiger partial charge in [0.15, 0.2) is 0 Å². The molecule has 15 heavy (non-hydrogen) atoms. The van der Waals surface area contributed by atoms with Gasteiger partial charge in [0.05, 0.1) is 12.5 Å². The molecule has 1 aliphatic carbocycles. The van der Waals surface area contributed by atoms with Gasteiger partial charge in [0.1, 0.15) is 5.15 Å². The molecular weight excluding hydrogens is 214 g/mol. The summed E-state index contributed by atoms with van der Waals surface area (Å²) >= 11 is 5.68. The summed E-state index contributed by atoms with van der Waals surface area (Å²) < 4.78 is 4.96. The second kappa shape index (κ2) is 4.19. The summed E-state index contributed by atoms with van der Waals surface area (Å²) in [5, 5.41) is 0.479. The van der Waals surface area contributed by atoms with Crippen molar-refractivity contribution in [2.75, 3.05) is 6.61 Å². The molecule has 1 aromatic rings. The number of nitrogens with zero attached hydrogens (tertiary/aromatic N) is 1. The third-order valence-electron chi connectivity index (χ3n) is 2.56. The maximum atomic E-state index is 11.4. The number of pyridine rings is 1. The van der Waals surface area contributed by atoms with E-state index in [2.05, 4.69) is 4.98 Å². The predicted molar refractivity (Wildman–Crippen MR) is 56.7 cm³/mol. The van der Waals surface area contributed by atoms with Crippen LogP contribution in [0.5, 0.6) is 0 Å². The number of hydrogen-bond acceptors (Lipinski definition) is 3. The van der Waals surface area contributed by atoms with Crippen molar-refractivity contribution in [3.63, 3.8) is 0 Å². The van der Waals surface area contributed by atoms with Gasteiger partial charge in [0, 0.05) is 6.20 Å². The highest BCUT2D eigenvalue weighted by Crippen LogP contribution is 2.47. The topological polar surface area (TPSA) is 39.2 Å². The number of hydrogen-bond donors (Lipinski definition) is 0. The fourth-order valence-corrected chi connectivity index (χ4v) is 1.79. The summed E-state index contributed by atoms with van der Waals surface area (Å²) in [6.45, 7) is 2.26. The molecular formula is C11H12ClNO2. The highest BCUT2D eigenvalue weighted by molar-refractivity contribution is 6.29. The molecule has 0 saturated heterocycles. The summed E-state index contributed by atoms with van der Waals surface area (Å²) in [4.78, 5) is 15.4. The number of aromatic nitrogens is 1. The van der Waals surface area contributed by atoms with E-state index in [0.717, 1.165) is 12.0 Å².